The van der Waals surface area contributed by atoms with Gasteiger partial charge in [0, 0.05) is 25.0 Å². The zero-order chi connectivity index (χ0) is 16.7. The fourth-order valence-corrected chi connectivity index (χ4v) is 2.70. The van der Waals surface area contributed by atoms with E-state index in [0.717, 1.165) is 16.8 Å². The Balaban J connectivity index is 1.81. The number of aromatic amines is 1. The number of benzene rings is 1. The highest BCUT2D eigenvalue weighted by Gasteiger charge is 2.11. The van der Waals surface area contributed by atoms with Gasteiger partial charge in [0.25, 0.3) is 0 Å². The molecule has 0 fully saturated rings. The van der Waals surface area contributed by atoms with Gasteiger partial charge in [-0.1, -0.05) is 12.1 Å². The van der Waals surface area contributed by atoms with Gasteiger partial charge in [-0.05, 0) is 29.8 Å². The molecule has 3 aromatic heterocycles. The van der Waals surface area contributed by atoms with Crippen molar-refractivity contribution < 1.29 is 4.39 Å². The number of hydrogen-bond acceptors (Lipinski definition) is 3. The van der Waals surface area contributed by atoms with E-state index >= 15 is 0 Å². The molecule has 0 radical (unpaired) electrons. The van der Waals surface area contributed by atoms with Crippen LogP contribution >= 0.6 is 0 Å². The largest absolute Gasteiger partial charge is 0.328 e. The molecule has 1 aromatic carbocycles. The molecular weight excluding hydrogens is 309 g/mol. The number of hydrogen-bond donors (Lipinski definition) is 1. The Morgan fingerprint density at radius 1 is 1.17 bits per heavy atom. The summed E-state index contributed by atoms with van der Waals surface area (Å²) in [5, 5.41) is 4.30. The molecule has 0 saturated carbocycles. The van der Waals surface area contributed by atoms with Crippen LogP contribution in [0.3, 0.4) is 0 Å². The molecule has 24 heavy (non-hydrogen) atoms. The van der Waals surface area contributed by atoms with Crippen LogP contribution in [0, 0.1) is 5.82 Å². The van der Waals surface area contributed by atoms with Crippen molar-refractivity contribution in [3.63, 3.8) is 0 Å². The maximum atomic E-state index is 13.1. The van der Waals surface area contributed by atoms with E-state index in [1.54, 1.807) is 27.6 Å². The molecule has 0 unspecified atom stereocenters. The van der Waals surface area contributed by atoms with Gasteiger partial charge in [0.1, 0.15) is 5.82 Å². The van der Waals surface area contributed by atoms with E-state index in [4.69, 9.17) is 0 Å². The first-order valence-electron chi connectivity index (χ1n) is 7.43. The van der Waals surface area contributed by atoms with Crippen molar-refractivity contribution in [2.24, 2.45) is 7.05 Å². The lowest BCUT2D eigenvalue weighted by Crippen LogP contribution is -2.17. The van der Waals surface area contributed by atoms with E-state index in [0.29, 0.717) is 17.7 Å². The number of imidazole rings is 1. The topological polar surface area (TPSA) is 68.5 Å². The molecule has 0 aliphatic rings. The minimum Gasteiger partial charge on any atom is -0.290 e. The van der Waals surface area contributed by atoms with Crippen molar-refractivity contribution in [2.45, 2.75) is 6.54 Å². The number of nitrogens with one attached hydrogen (secondary N) is 1. The number of pyridine rings is 1. The van der Waals surface area contributed by atoms with Gasteiger partial charge in [-0.2, -0.15) is 5.10 Å². The Bertz CT molecular complexity index is 1070. The van der Waals surface area contributed by atoms with Crippen molar-refractivity contribution in [3.05, 3.63) is 70.8 Å². The van der Waals surface area contributed by atoms with Crippen molar-refractivity contribution in [1.82, 2.24) is 24.3 Å². The molecular formula is C17H14FN5O. The van der Waals surface area contributed by atoms with Crippen LogP contribution in [-0.4, -0.2) is 24.3 Å². The lowest BCUT2D eigenvalue weighted by atomic mass is 10.1. The second-order valence-corrected chi connectivity index (χ2v) is 5.60. The highest BCUT2D eigenvalue weighted by molar-refractivity contribution is 5.78. The van der Waals surface area contributed by atoms with Crippen LogP contribution in [0.5, 0.6) is 0 Å². The van der Waals surface area contributed by atoms with E-state index < -0.39 is 0 Å². The Morgan fingerprint density at radius 3 is 2.67 bits per heavy atom. The summed E-state index contributed by atoms with van der Waals surface area (Å²) in [6.45, 7) is 0.355. The first-order chi connectivity index (χ1) is 11.6. The van der Waals surface area contributed by atoms with Crippen molar-refractivity contribution in [3.8, 4) is 11.1 Å². The first kappa shape index (κ1) is 14.4. The summed E-state index contributed by atoms with van der Waals surface area (Å²) < 4.78 is 16.4. The van der Waals surface area contributed by atoms with Crippen LogP contribution < -0.4 is 5.69 Å². The van der Waals surface area contributed by atoms with Crippen LogP contribution in [0.4, 0.5) is 4.39 Å². The second kappa shape index (κ2) is 5.45. The van der Waals surface area contributed by atoms with Gasteiger partial charge in [0.2, 0.25) is 0 Å². The smallest absolute Gasteiger partial charge is 0.290 e. The Morgan fingerprint density at radius 2 is 1.96 bits per heavy atom. The van der Waals surface area contributed by atoms with Crippen molar-refractivity contribution >= 4 is 11.2 Å². The molecule has 120 valence electrons. The third-order valence-corrected chi connectivity index (χ3v) is 3.90. The van der Waals surface area contributed by atoms with Gasteiger partial charge < -0.3 is 0 Å². The van der Waals surface area contributed by atoms with Crippen molar-refractivity contribution in [2.75, 3.05) is 0 Å². The molecule has 0 atom stereocenters. The van der Waals surface area contributed by atoms with Gasteiger partial charge in [0.05, 0.1) is 17.8 Å². The number of nitrogens with zero attached hydrogens (tertiary/aromatic N) is 4. The maximum absolute atomic E-state index is 13.1. The Hall–Kier alpha value is -3.22. The Labute approximate surface area is 136 Å². The summed E-state index contributed by atoms with van der Waals surface area (Å²) in [6.07, 6.45) is 3.49. The quantitative estimate of drug-likeness (QED) is 0.629. The molecule has 0 spiro atoms. The molecule has 0 amide bonds. The lowest BCUT2D eigenvalue weighted by Gasteiger charge is -2.04. The molecule has 0 bridgehead atoms. The highest BCUT2D eigenvalue weighted by Crippen LogP contribution is 2.22. The number of aryl methyl sites for hydroxylation is 1. The van der Waals surface area contributed by atoms with Crippen LogP contribution in [0.15, 0.2) is 53.6 Å². The number of aromatic nitrogens is 5. The molecule has 0 saturated heterocycles. The van der Waals surface area contributed by atoms with Gasteiger partial charge in [-0.15, -0.1) is 0 Å². The van der Waals surface area contributed by atoms with Crippen LogP contribution in [0.25, 0.3) is 22.3 Å². The summed E-state index contributed by atoms with van der Waals surface area (Å²) in [5.41, 5.74) is 3.40. The van der Waals surface area contributed by atoms with Crippen LogP contribution in [0.2, 0.25) is 0 Å². The SMILES string of the molecule is Cn1ccc(Cn2c(=O)[nH]c3ncc(-c4ccc(F)cc4)cc32)n1. The molecule has 6 nitrogen and oxygen atoms in total. The highest BCUT2D eigenvalue weighted by atomic mass is 19.1. The second-order valence-electron chi connectivity index (χ2n) is 5.60. The standard InChI is InChI=1S/C17H14FN5O/c1-22-7-6-14(21-22)10-23-15-8-12(9-19-16(15)20-17(23)24)11-2-4-13(18)5-3-11/h2-9H,10H2,1H3,(H,19,20,24). The lowest BCUT2D eigenvalue weighted by molar-refractivity contribution is 0.628. The minimum absolute atomic E-state index is 0.237. The fraction of sp³-hybridized carbons (Fsp3) is 0.118. The van der Waals surface area contributed by atoms with Crippen LogP contribution in [-0.2, 0) is 13.6 Å². The van der Waals surface area contributed by atoms with Gasteiger partial charge in [0.15, 0.2) is 5.65 Å². The van der Waals surface area contributed by atoms with Crippen LogP contribution in [0.1, 0.15) is 5.69 Å². The third kappa shape index (κ3) is 2.50. The van der Waals surface area contributed by atoms with Crippen molar-refractivity contribution in [1.29, 1.82) is 0 Å². The Kier molecular flexibility index (Phi) is 3.26. The summed E-state index contributed by atoms with van der Waals surface area (Å²) in [4.78, 5) is 19.3. The van der Waals surface area contributed by atoms with E-state index in [1.807, 2.05) is 25.4 Å². The van der Waals surface area contributed by atoms with E-state index in [9.17, 15) is 9.18 Å². The van der Waals surface area contributed by atoms with Gasteiger partial charge >= 0.3 is 5.69 Å². The fourth-order valence-electron chi connectivity index (χ4n) is 2.70. The number of rotatable bonds is 3. The average Bonchev–Trinajstić information content (AvgIpc) is 3.12. The van der Waals surface area contributed by atoms with Gasteiger partial charge in [-0.25, -0.2) is 14.2 Å². The van der Waals surface area contributed by atoms with Gasteiger partial charge in [-0.3, -0.25) is 14.2 Å². The minimum atomic E-state index is -0.290. The molecule has 1 N–H and O–H groups in total. The van der Waals surface area contributed by atoms with E-state index in [-0.39, 0.29) is 11.5 Å². The summed E-state index contributed by atoms with van der Waals surface area (Å²) in [6, 6.07) is 9.91. The molecule has 3 heterocycles. The first-order valence-corrected chi connectivity index (χ1v) is 7.43. The van der Waals surface area contributed by atoms with E-state index in [1.165, 1.54) is 12.1 Å². The zero-order valence-electron chi connectivity index (χ0n) is 12.9. The molecule has 0 aliphatic carbocycles. The number of halogens is 1. The normalized spacial score (nSPS) is 11.2. The third-order valence-electron chi connectivity index (χ3n) is 3.90. The molecule has 0 aliphatic heterocycles. The average molecular weight is 323 g/mol. The monoisotopic (exact) mass is 323 g/mol. The molecule has 7 heteroatoms. The predicted octanol–water partition coefficient (Wildman–Crippen LogP) is 2.31. The molecule has 4 rings (SSSR count). The zero-order valence-corrected chi connectivity index (χ0v) is 12.9. The number of H-pyrrole nitrogens is 1. The molecule has 4 aromatic rings. The predicted molar refractivity (Wildman–Crippen MR) is 88.1 cm³/mol. The maximum Gasteiger partial charge on any atom is 0.328 e. The number of fused-ring (bicyclic) bond motifs is 1. The summed E-state index contributed by atoms with van der Waals surface area (Å²) in [5.74, 6) is -0.290. The van der Waals surface area contributed by atoms with E-state index in [2.05, 4.69) is 15.1 Å². The summed E-state index contributed by atoms with van der Waals surface area (Å²) in [7, 11) is 1.83. The summed E-state index contributed by atoms with van der Waals surface area (Å²) >= 11 is 0.